The molecule has 4 heteroatoms. The van der Waals surface area contributed by atoms with Crippen LogP contribution in [0.15, 0.2) is 48.5 Å². The van der Waals surface area contributed by atoms with Gasteiger partial charge >= 0.3 is 0 Å². The van der Waals surface area contributed by atoms with Crippen LogP contribution in [0.3, 0.4) is 0 Å². The van der Waals surface area contributed by atoms with Gasteiger partial charge < -0.3 is 5.73 Å². The Labute approximate surface area is 111 Å². The normalized spacial score (nSPS) is 10.1. The Morgan fingerprint density at radius 2 is 1.78 bits per heavy atom. The van der Waals surface area contributed by atoms with E-state index in [2.05, 4.69) is 0 Å². The van der Waals surface area contributed by atoms with Gasteiger partial charge in [-0.25, -0.2) is 0 Å². The van der Waals surface area contributed by atoms with Crippen LogP contribution in [0.5, 0.6) is 0 Å². The number of halogens is 1. The second kappa shape index (κ2) is 5.10. The second-order valence-corrected chi connectivity index (χ2v) is 4.27. The number of rotatable bonds is 2. The summed E-state index contributed by atoms with van der Waals surface area (Å²) in [7, 11) is 0. The number of nitrogen functional groups attached to an aromatic ring is 1. The number of amides is 1. The molecule has 3 nitrogen and oxygen atoms in total. The number of carbonyl (C=O) groups excluding carboxylic acids is 1. The van der Waals surface area contributed by atoms with Crippen molar-refractivity contribution in [2.45, 2.75) is 6.92 Å². The quantitative estimate of drug-likeness (QED) is 0.839. The predicted octanol–water partition coefficient (Wildman–Crippen LogP) is 3.61. The Hall–Kier alpha value is -2.00. The number of anilines is 3. The highest BCUT2D eigenvalue weighted by atomic mass is 35.5. The molecule has 2 aromatic carbocycles. The van der Waals surface area contributed by atoms with E-state index >= 15 is 0 Å². The van der Waals surface area contributed by atoms with Crippen molar-refractivity contribution in [2.75, 3.05) is 10.6 Å². The largest absolute Gasteiger partial charge is 0.397 e. The van der Waals surface area contributed by atoms with Crippen molar-refractivity contribution in [3.05, 3.63) is 53.6 Å². The van der Waals surface area contributed by atoms with Crippen LogP contribution in [0, 0.1) is 0 Å². The monoisotopic (exact) mass is 260 g/mol. The summed E-state index contributed by atoms with van der Waals surface area (Å²) >= 11 is 6.14. The van der Waals surface area contributed by atoms with Crippen LogP contribution in [0.4, 0.5) is 17.1 Å². The van der Waals surface area contributed by atoms with Crippen LogP contribution in [0.25, 0.3) is 0 Å². The molecule has 0 spiro atoms. The lowest BCUT2D eigenvalue weighted by Gasteiger charge is -2.23. The first-order valence-electron chi connectivity index (χ1n) is 5.51. The molecular weight excluding hydrogens is 248 g/mol. The molecule has 0 saturated carbocycles. The molecule has 0 aromatic heterocycles. The SMILES string of the molecule is CC(=O)N(c1ccccc1)c1c(N)cccc1Cl. The van der Waals surface area contributed by atoms with Gasteiger partial charge in [-0.2, -0.15) is 0 Å². The number of hydrogen-bond donors (Lipinski definition) is 1. The molecule has 18 heavy (non-hydrogen) atoms. The van der Waals surface area contributed by atoms with Crippen molar-refractivity contribution in [3.63, 3.8) is 0 Å². The van der Waals surface area contributed by atoms with Crippen LogP contribution >= 0.6 is 11.6 Å². The van der Waals surface area contributed by atoms with Crippen molar-refractivity contribution in [1.82, 2.24) is 0 Å². The Morgan fingerprint density at radius 3 is 2.33 bits per heavy atom. The van der Waals surface area contributed by atoms with Crippen molar-refractivity contribution < 1.29 is 4.79 Å². The molecule has 0 unspecified atom stereocenters. The molecule has 0 aliphatic rings. The van der Waals surface area contributed by atoms with Gasteiger partial charge in [0.25, 0.3) is 0 Å². The lowest BCUT2D eigenvalue weighted by atomic mass is 10.2. The van der Waals surface area contributed by atoms with Crippen LogP contribution < -0.4 is 10.6 Å². The van der Waals surface area contributed by atoms with Crippen LogP contribution in [-0.2, 0) is 4.79 Å². The Kier molecular flexibility index (Phi) is 3.53. The molecule has 0 bridgehead atoms. The Morgan fingerprint density at radius 1 is 1.11 bits per heavy atom. The average molecular weight is 261 g/mol. The van der Waals surface area contributed by atoms with E-state index in [9.17, 15) is 4.79 Å². The zero-order valence-corrected chi connectivity index (χ0v) is 10.7. The summed E-state index contributed by atoms with van der Waals surface area (Å²) in [4.78, 5) is 13.4. The molecule has 92 valence electrons. The van der Waals surface area contributed by atoms with Crippen molar-refractivity contribution in [1.29, 1.82) is 0 Å². The van der Waals surface area contributed by atoms with Gasteiger partial charge in [0.1, 0.15) is 0 Å². The number of nitrogens with two attached hydrogens (primary N) is 1. The lowest BCUT2D eigenvalue weighted by Crippen LogP contribution is -2.24. The van der Waals surface area contributed by atoms with Crippen LogP contribution in [0.1, 0.15) is 6.92 Å². The van der Waals surface area contributed by atoms with Gasteiger partial charge in [-0.3, -0.25) is 9.69 Å². The number of para-hydroxylation sites is 2. The Bertz CT molecular complexity index is 549. The summed E-state index contributed by atoms with van der Waals surface area (Å²) in [6.07, 6.45) is 0. The number of nitrogens with zero attached hydrogens (tertiary/aromatic N) is 1. The van der Waals surface area contributed by atoms with E-state index in [4.69, 9.17) is 17.3 Å². The minimum Gasteiger partial charge on any atom is -0.397 e. The van der Waals surface area contributed by atoms with E-state index in [0.29, 0.717) is 16.4 Å². The summed E-state index contributed by atoms with van der Waals surface area (Å²) in [5.41, 5.74) is 7.66. The molecule has 0 aliphatic carbocycles. The summed E-state index contributed by atoms with van der Waals surface area (Å²) in [5.74, 6) is -0.138. The van der Waals surface area contributed by atoms with Crippen molar-refractivity contribution in [2.24, 2.45) is 0 Å². The minimum absolute atomic E-state index is 0.138. The molecule has 2 aromatic rings. The summed E-state index contributed by atoms with van der Waals surface area (Å²) in [5, 5.41) is 0.453. The second-order valence-electron chi connectivity index (χ2n) is 3.87. The van der Waals surface area contributed by atoms with Gasteiger partial charge in [-0.1, -0.05) is 35.9 Å². The van der Waals surface area contributed by atoms with E-state index in [-0.39, 0.29) is 5.91 Å². The fraction of sp³-hybridized carbons (Fsp3) is 0.0714. The maximum Gasteiger partial charge on any atom is 0.228 e. The first-order valence-corrected chi connectivity index (χ1v) is 5.89. The third kappa shape index (κ3) is 2.31. The maximum absolute atomic E-state index is 11.9. The highest BCUT2D eigenvalue weighted by molar-refractivity contribution is 6.35. The molecule has 2 rings (SSSR count). The van der Waals surface area contributed by atoms with Crippen molar-refractivity contribution >= 4 is 34.6 Å². The highest BCUT2D eigenvalue weighted by Crippen LogP contribution is 2.36. The summed E-state index contributed by atoms with van der Waals surface area (Å²) in [6, 6.07) is 14.5. The predicted molar refractivity (Wildman–Crippen MR) is 75.1 cm³/mol. The van der Waals surface area contributed by atoms with Gasteiger partial charge in [0.05, 0.1) is 16.4 Å². The summed E-state index contributed by atoms with van der Waals surface area (Å²) in [6.45, 7) is 1.48. The first kappa shape index (κ1) is 12.5. The van der Waals surface area contributed by atoms with E-state index < -0.39 is 0 Å². The lowest BCUT2D eigenvalue weighted by molar-refractivity contribution is -0.115. The number of carbonyl (C=O) groups is 1. The van der Waals surface area contributed by atoms with Crippen LogP contribution in [0.2, 0.25) is 5.02 Å². The van der Waals surface area contributed by atoms with E-state index in [0.717, 1.165) is 5.69 Å². The topological polar surface area (TPSA) is 46.3 Å². The standard InChI is InChI=1S/C14H13ClN2O/c1-10(18)17(11-6-3-2-4-7-11)14-12(15)8-5-9-13(14)16/h2-9H,16H2,1H3. The molecule has 0 atom stereocenters. The van der Waals surface area contributed by atoms with E-state index in [1.807, 2.05) is 30.3 Å². The molecule has 0 radical (unpaired) electrons. The third-order valence-electron chi connectivity index (χ3n) is 2.57. The number of benzene rings is 2. The zero-order chi connectivity index (χ0) is 13.1. The number of hydrogen-bond acceptors (Lipinski definition) is 2. The first-order chi connectivity index (χ1) is 8.61. The average Bonchev–Trinajstić information content (AvgIpc) is 2.34. The minimum atomic E-state index is -0.138. The fourth-order valence-electron chi connectivity index (χ4n) is 1.81. The van der Waals surface area contributed by atoms with E-state index in [1.165, 1.54) is 11.8 Å². The van der Waals surface area contributed by atoms with Gasteiger partial charge in [-0.05, 0) is 24.3 Å². The maximum atomic E-state index is 11.9. The molecule has 1 amide bonds. The molecule has 0 aliphatic heterocycles. The van der Waals surface area contributed by atoms with E-state index in [1.54, 1.807) is 18.2 Å². The molecular formula is C14H13ClN2O. The van der Waals surface area contributed by atoms with Crippen LogP contribution in [-0.4, -0.2) is 5.91 Å². The third-order valence-corrected chi connectivity index (χ3v) is 2.88. The van der Waals surface area contributed by atoms with Gasteiger partial charge in [0, 0.05) is 12.6 Å². The van der Waals surface area contributed by atoms with Gasteiger partial charge in [0.15, 0.2) is 0 Å². The van der Waals surface area contributed by atoms with Gasteiger partial charge in [-0.15, -0.1) is 0 Å². The van der Waals surface area contributed by atoms with Gasteiger partial charge in [0.2, 0.25) is 5.91 Å². The highest BCUT2D eigenvalue weighted by Gasteiger charge is 2.19. The Balaban J connectivity index is 2.60. The molecule has 0 saturated heterocycles. The zero-order valence-electron chi connectivity index (χ0n) is 9.93. The smallest absolute Gasteiger partial charge is 0.228 e. The molecule has 0 heterocycles. The summed E-state index contributed by atoms with van der Waals surface area (Å²) < 4.78 is 0. The van der Waals surface area contributed by atoms with Crippen molar-refractivity contribution in [3.8, 4) is 0 Å². The molecule has 2 N–H and O–H groups in total. The molecule has 0 fully saturated rings. The fourth-order valence-corrected chi connectivity index (χ4v) is 2.08.